The van der Waals surface area contributed by atoms with Gasteiger partial charge in [-0.2, -0.15) is 0 Å². The van der Waals surface area contributed by atoms with E-state index in [-0.39, 0.29) is 27.9 Å². The molecule has 0 spiro atoms. The third-order valence-electron chi connectivity index (χ3n) is 8.12. The molecule has 0 radical (unpaired) electrons. The second kappa shape index (κ2) is 14.6. The Morgan fingerprint density at radius 3 is 2.14 bits per heavy atom. The lowest BCUT2D eigenvalue weighted by molar-refractivity contribution is -0.132. The van der Waals surface area contributed by atoms with Crippen LogP contribution in [-0.2, 0) is 27.5 Å². The van der Waals surface area contributed by atoms with Crippen LogP contribution in [0.15, 0.2) is 109 Å². The van der Waals surface area contributed by atoms with E-state index in [0.29, 0.717) is 41.5 Å². The number of ether oxygens (including phenoxy) is 3. The van der Waals surface area contributed by atoms with E-state index in [1.165, 1.54) is 4.90 Å². The summed E-state index contributed by atoms with van der Waals surface area (Å²) in [5, 5.41) is 11.8. The summed E-state index contributed by atoms with van der Waals surface area (Å²) in [6.45, 7) is 6.25. The van der Waals surface area contributed by atoms with Gasteiger partial charge in [-0.15, -0.1) is 0 Å². The van der Waals surface area contributed by atoms with E-state index in [0.717, 1.165) is 28.0 Å². The molecule has 9 nitrogen and oxygen atoms in total. The van der Waals surface area contributed by atoms with Gasteiger partial charge in [-0.1, -0.05) is 78.1 Å². The molecule has 0 bridgehead atoms. The van der Waals surface area contributed by atoms with Gasteiger partial charge in [-0.05, 0) is 79.4 Å². The van der Waals surface area contributed by atoms with Crippen molar-refractivity contribution in [1.82, 2.24) is 4.98 Å². The average Bonchev–Trinajstić information content (AvgIpc) is 3.63. The van der Waals surface area contributed by atoms with Crippen LogP contribution in [0.4, 0.5) is 5.13 Å². The molecule has 1 fully saturated rings. The molecule has 0 saturated carbocycles. The first-order chi connectivity index (χ1) is 23.7. The number of carbonyl (C=O) groups is 3. The van der Waals surface area contributed by atoms with E-state index < -0.39 is 23.7 Å². The fourth-order valence-electron chi connectivity index (χ4n) is 5.50. The number of aryl methyl sites for hydroxylation is 2. The quantitative estimate of drug-likeness (QED) is 0.0656. The Hall–Kier alpha value is -5.74. The molecule has 5 aromatic rings. The Labute approximate surface area is 288 Å². The lowest BCUT2D eigenvalue weighted by atomic mass is 9.95. The summed E-state index contributed by atoms with van der Waals surface area (Å²) in [5.41, 5.74) is 4.29. The molecule has 2 heterocycles. The lowest BCUT2D eigenvalue weighted by Gasteiger charge is -2.23. The largest absolute Gasteiger partial charge is 0.507 e. The number of esters is 1. The van der Waals surface area contributed by atoms with Crippen LogP contribution < -0.4 is 14.4 Å². The maximum Gasteiger partial charge on any atom is 0.350 e. The molecule has 1 aliphatic rings. The number of rotatable bonds is 11. The van der Waals surface area contributed by atoms with E-state index in [9.17, 15) is 19.5 Å². The number of aromatic nitrogens is 1. The topological polar surface area (TPSA) is 115 Å². The van der Waals surface area contributed by atoms with Crippen LogP contribution in [0.5, 0.6) is 11.5 Å². The number of benzene rings is 4. The highest BCUT2D eigenvalue weighted by atomic mass is 32.1. The van der Waals surface area contributed by atoms with Crippen LogP contribution in [0.1, 0.15) is 56.1 Å². The standard InChI is InChI=1S/C39H34N2O7S/c1-4-46-38(45)36-25(3)40-39(49-36)41-33(27-14-18-30(19-15-27)47-22-26-11-6-5-7-12-26)32(35(43)37(41)44)34(42)28-16-20-31(21-17-28)48-23-29-13-9-8-10-24(29)2/h5-21,33,42H,4,22-23H2,1-3H3. The van der Waals surface area contributed by atoms with Gasteiger partial charge in [0, 0.05) is 5.56 Å². The highest BCUT2D eigenvalue weighted by molar-refractivity contribution is 7.17. The van der Waals surface area contributed by atoms with Crippen LogP contribution in [-0.4, -0.2) is 34.4 Å². The summed E-state index contributed by atoms with van der Waals surface area (Å²) in [5.74, 6) is -1.51. The third-order valence-corrected chi connectivity index (χ3v) is 9.26. The van der Waals surface area contributed by atoms with E-state index in [4.69, 9.17) is 14.2 Å². The van der Waals surface area contributed by atoms with Crippen molar-refractivity contribution in [2.45, 2.75) is 40.0 Å². The van der Waals surface area contributed by atoms with Crippen molar-refractivity contribution in [3.63, 3.8) is 0 Å². The number of hydrogen-bond donors (Lipinski definition) is 1. The first-order valence-electron chi connectivity index (χ1n) is 15.7. The Balaban J connectivity index is 1.34. The molecule has 1 atom stereocenters. The maximum atomic E-state index is 13.7. The highest BCUT2D eigenvalue weighted by Crippen LogP contribution is 2.44. The molecule has 4 aromatic carbocycles. The molecular weight excluding hydrogens is 641 g/mol. The summed E-state index contributed by atoms with van der Waals surface area (Å²) in [4.78, 5) is 46.0. The van der Waals surface area contributed by atoms with E-state index >= 15 is 0 Å². The molecule has 1 saturated heterocycles. The van der Waals surface area contributed by atoms with Crippen LogP contribution in [0, 0.1) is 13.8 Å². The van der Waals surface area contributed by atoms with Crippen LogP contribution in [0.2, 0.25) is 0 Å². The zero-order chi connectivity index (χ0) is 34.5. The van der Waals surface area contributed by atoms with Gasteiger partial charge in [0.15, 0.2) is 5.13 Å². The second-order valence-corrected chi connectivity index (χ2v) is 12.4. The Morgan fingerprint density at radius 2 is 1.47 bits per heavy atom. The maximum absolute atomic E-state index is 13.7. The van der Waals surface area contributed by atoms with Crippen molar-refractivity contribution in [3.05, 3.63) is 147 Å². The molecular formula is C39H34N2O7S. The van der Waals surface area contributed by atoms with Gasteiger partial charge in [-0.25, -0.2) is 9.78 Å². The fourth-order valence-corrected chi connectivity index (χ4v) is 6.49. The number of hydrogen-bond acceptors (Lipinski definition) is 9. The van der Waals surface area contributed by atoms with Crippen LogP contribution in [0.25, 0.3) is 5.76 Å². The summed E-state index contributed by atoms with van der Waals surface area (Å²) in [6, 6.07) is 30.3. The summed E-state index contributed by atoms with van der Waals surface area (Å²) in [7, 11) is 0. The normalized spacial score (nSPS) is 15.3. The van der Waals surface area contributed by atoms with Crippen molar-refractivity contribution in [3.8, 4) is 11.5 Å². The first-order valence-corrected chi connectivity index (χ1v) is 16.6. The van der Waals surface area contributed by atoms with Crippen LogP contribution in [0.3, 0.4) is 0 Å². The molecule has 1 aliphatic heterocycles. The Morgan fingerprint density at radius 1 is 0.837 bits per heavy atom. The van der Waals surface area contributed by atoms with Crippen molar-refractivity contribution >= 4 is 39.9 Å². The fraction of sp³-hybridized carbons (Fsp3) is 0.179. The molecule has 1 unspecified atom stereocenters. The number of nitrogens with zero attached hydrogens (tertiary/aromatic N) is 2. The molecule has 1 aromatic heterocycles. The SMILES string of the molecule is CCOC(=O)c1sc(N2C(=O)C(=O)C(=C(O)c3ccc(OCc4ccccc4C)cc3)C2c2ccc(OCc3ccccc3)cc2)nc1C. The molecule has 0 aliphatic carbocycles. The first kappa shape index (κ1) is 33.2. The van der Waals surface area contributed by atoms with Crippen LogP contribution >= 0.6 is 11.3 Å². The Kier molecular flexibility index (Phi) is 9.87. The van der Waals surface area contributed by atoms with Gasteiger partial charge < -0.3 is 19.3 Å². The van der Waals surface area contributed by atoms with E-state index in [1.54, 1.807) is 62.4 Å². The minimum absolute atomic E-state index is 0.109. The number of anilines is 1. The van der Waals surface area contributed by atoms with E-state index in [2.05, 4.69) is 4.98 Å². The number of thiazole rings is 1. The molecule has 1 N–H and O–H groups in total. The molecule has 49 heavy (non-hydrogen) atoms. The predicted octanol–water partition coefficient (Wildman–Crippen LogP) is 7.72. The average molecular weight is 675 g/mol. The van der Waals surface area contributed by atoms with Gasteiger partial charge in [-0.3, -0.25) is 14.5 Å². The molecule has 6 rings (SSSR count). The zero-order valence-corrected chi connectivity index (χ0v) is 28.0. The third kappa shape index (κ3) is 7.09. The zero-order valence-electron chi connectivity index (χ0n) is 27.2. The molecule has 10 heteroatoms. The van der Waals surface area contributed by atoms with Crippen molar-refractivity contribution < 1.29 is 33.7 Å². The number of amides is 1. The van der Waals surface area contributed by atoms with Gasteiger partial charge >= 0.3 is 11.9 Å². The van der Waals surface area contributed by atoms with Gasteiger partial charge in [0.25, 0.3) is 5.78 Å². The molecule has 1 amide bonds. The second-order valence-electron chi connectivity index (χ2n) is 11.4. The van der Waals surface area contributed by atoms with Crippen molar-refractivity contribution in [2.75, 3.05) is 11.5 Å². The lowest BCUT2D eigenvalue weighted by Crippen LogP contribution is -2.29. The van der Waals surface area contributed by atoms with Gasteiger partial charge in [0.2, 0.25) is 0 Å². The minimum atomic E-state index is -1.04. The minimum Gasteiger partial charge on any atom is -0.507 e. The van der Waals surface area contributed by atoms with Crippen molar-refractivity contribution in [2.24, 2.45) is 0 Å². The summed E-state index contributed by atoms with van der Waals surface area (Å²) < 4.78 is 17.1. The monoisotopic (exact) mass is 674 g/mol. The van der Waals surface area contributed by atoms with Crippen molar-refractivity contribution in [1.29, 1.82) is 0 Å². The molecule has 248 valence electrons. The van der Waals surface area contributed by atoms with E-state index in [1.807, 2.05) is 61.5 Å². The van der Waals surface area contributed by atoms with Gasteiger partial charge in [0.05, 0.1) is 23.9 Å². The summed E-state index contributed by atoms with van der Waals surface area (Å²) in [6.07, 6.45) is 0. The van der Waals surface area contributed by atoms with Gasteiger partial charge in [0.1, 0.15) is 35.3 Å². The Bertz CT molecular complexity index is 2020. The number of Topliss-reactive ketones (excluding diaryl/α,β-unsaturated/α-hetero) is 1. The number of aliphatic hydroxyl groups excluding tert-OH is 1. The number of carbonyl (C=O) groups excluding carboxylic acids is 3. The smallest absolute Gasteiger partial charge is 0.350 e. The predicted molar refractivity (Wildman–Crippen MR) is 187 cm³/mol. The summed E-state index contributed by atoms with van der Waals surface area (Å²) >= 11 is 0.956. The highest BCUT2D eigenvalue weighted by Gasteiger charge is 2.48. The number of aliphatic hydroxyl groups is 1. The number of ketones is 1.